The van der Waals surface area contributed by atoms with E-state index in [-0.39, 0.29) is 0 Å². The lowest BCUT2D eigenvalue weighted by molar-refractivity contribution is 0.901. The lowest BCUT2D eigenvalue weighted by Gasteiger charge is -2.09. The summed E-state index contributed by atoms with van der Waals surface area (Å²) in [5.41, 5.74) is 2.13. The van der Waals surface area contributed by atoms with Gasteiger partial charge in [-0.3, -0.25) is 5.10 Å². The third-order valence-electron chi connectivity index (χ3n) is 3.84. The summed E-state index contributed by atoms with van der Waals surface area (Å²) in [6.45, 7) is 0.835. The Morgan fingerprint density at radius 2 is 2.35 bits per heavy atom. The Balaban J connectivity index is 1.59. The van der Waals surface area contributed by atoms with Gasteiger partial charge in [-0.15, -0.1) is 5.10 Å². The monoisotopic (exact) mass is 329 g/mol. The molecule has 0 radical (unpaired) electrons. The molecule has 0 saturated heterocycles. The molecule has 23 heavy (non-hydrogen) atoms. The van der Waals surface area contributed by atoms with Crippen molar-refractivity contribution in [3.63, 3.8) is 0 Å². The highest BCUT2D eigenvalue weighted by molar-refractivity contribution is 7.98. The van der Waals surface area contributed by atoms with E-state index in [0.29, 0.717) is 11.9 Å². The van der Waals surface area contributed by atoms with Crippen molar-refractivity contribution in [1.29, 1.82) is 0 Å². The second-order valence-corrected chi connectivity index (χ2v) is 6.63. The van der Waals surface area contributed by atoms with E-state index in [4.69, 9.17) is 0 Å². The zero-order chi connectivity index (χ0) is 15.6. The zero-order valence-electron chi connectivity index (χ0n) is 12.9. The van der Waals surface area contributed by atoms with Gasteiger partial charge in [0.25, 0.3) is 0 Å². The average molecular weight is 329 g/mol. The van der Waals surface area contributed by atoms with Crippen molar-refractivity contribution in [1.82, 2.24) is 24.8 Å². The number of hydrogen-bond donors (Lipinski definition) is 3. The van der Waals surface area contributed by atoms with E-state index < -0.39 is 0 Å². The van der Waals surface area contributed by atoms with E-state index in [2.05, 4.69) is 43.2 Å². The van der Waals surface area contributed by atoms with Crippen molar-refractivity contribution in [2.24, 2.45) is 0 Å². The number of aromatic nitrogens is 5. The van der Waals surface area contributed by atoms with E-state index in [0.717, 1.165) is 29.5 Å². The first-order chi connectivity index (χ1) is 11.3. The number of hydrogen-bond acceptors (Lipinski definition) is 6. The zero-order valence-corrected chi connectivity index (χ0v) is 13.7. The fourth-order valence-corrected chi connectivity index (χ4v) is 2.80. The van der Waals surface area contributed by atoms with Crippen LogP contribution in [0.3, 0.4) is 0 Å². The first-order valence-corrected chi connectivity index (χ1v) is 9.13. The molecule has 0 atom stereocenters. The van der Waals surface area contributed by atoms with Gasteiger partial charge in [0.15, 0.2) is 11.6 Å². The van der Waals surface area contributed by atoms with Gasteiger partial charge in [-0.1, -0.05) is 0 Å². The van der Waals surface area contributed by atoms with Crippen LogP contribution in [0.1, 0.15) is 24.5 Å². The fourth-order valence-electron chi connectivity index (χ4n) is 2.49. The molecule has 120 valence electrons. The number of thioether (sulfide) groups is 1. The lowest BCUT2D eigenvalue weighted by atomic mass is 10.3. The van der Waals surface area contributed by atoms with E-state index in [1.165, 1.54) is 18.5 Å². The maximum absolute atomic E-state index is 4.59. The molecule has 3 N–H and O–H groups in total. The van der Waals surface area contributed by atoms with Gasteiger partial charge in [-0.2, -0.15) is 21.8 Å². The maximum Gasteiger partial charge on any atom is 0.243 e. The van der Waals surface area contributed by atoms with E-state index in [1.807, 2.05) is 22.8 Å². The molecule has 0 unspecified atom stereocenters. The quantitative estimate of drug-likeness (QED) is 0.578. The molecule has 0 bridgehead atoms. The van der Waals surface area contributed by atoms with Crippen LogP contribution in [0.25, 0.3) is 5.52 Å². The van der Waals surface area contributed by atoms with Crippen LogP contribution in [0.15, 0.2) is 24.4 Å². The van der Waals surface area contributed by atoms with Gasteiger partial charge in [-0.25, -0.2) is 4.52 Å². The molecule has 7 nitrogen and oxygen atoms in total. The summed E-state index contributed by atoms with van der Waals surface area (Å²) in [5, 5.41) is 18.5. The topological polar surface area (TPSA) is 82.9 Å². The van der Waals surface area contributed by atoms with Gasteiger partial charge in [-0.05, 0) is 31.2 Å². The fraction of sp³-hybridized carbons (Fsp3) is 0.400. The largest absolute Gasteiger partial charge is 0.352 e. The SMILES string of the molecule is CSCCNc1nc(Nc2cc(C3CC3)[nH]n2)c2cccn2n1. The molecular formula is C15H19N7S. The summed E-state index contributed by atoms with van der Waals surface area (Å²) >= 11 is 1.79. The Morgan fingerprint density at radius 1 is 1.43 bits per heavy atom. The summed E-state index contributed by atoms with van der Waals surface area (Å²) < 4.78 is 1.82. The third-order valence-corrected chi connectivity index (χ3v) is 4.45. The Hall–Kier alpha value is -2.22. The number of rotatable bonds is 7. The average Bonchev–Trinajstić information content (AvgIpc) is 3.10. The molecule has 1 aliphatic carbocycles. The van der Waals surface area contributed by atoms with Crippen LogP contribution in [0.2, 0.25) is 0 Å². The number of nitrogens with one attached hydrogen (secondary N) is 3. The van der Waals surface area contributed by atoms with E-state index in [1.54, 1.807) is 11.8 Å². The first-order valence-electron chi connectivity index (χ1n) is 7.74. The van der Waals surface area contributed by atoms with Crippen LogP contribution in [0.4, 0.5) is 17.6 Å². The van der Waals surface area contributed by atoms with Gasteiger partial charge in [0.2, 0.25) is 5.95 Å². The van der Waals surface area contributed by atoms with Gasteiger partial charge in [0.05, 0.1) is 0 Å². The molecule has 4 rings (SSSR count). The molecule has 0 spiro atoms. The molecule has 0 aliphatic heterocycles. The number of aromatic amines is 1. The molecule has 1 saturated carbocycles. The van der Waals surface area contributed by atoms with Crippen LogP contribution < -0.4 is 10.6 Å². The van der Waals surface area contributed by atoms with Crippen molar-refractivity contribution in [2.45, 2.75) is 18.8 Å². The second kappa shape index (κ2) is 6.11. The Labute approximate surface area is 138 Å². The van der Waals surface area contributed by atoms with Gasteiger partial charge in [0.1, 0.15) is 5.52 Å². The number of nitrogens with zero attached hydrogens (tertiary/aromatic N) is 4. The number of fused-ring (bicyclic) bond motifs is 1. The minimum atomic E-state index is 0.614. The van der Waals surface area contributed by atoms with Crippen molar-refractivity contribution in [2.75, 3.05) is 29.2 Å². The highest BCUT2D eigenvalue weighted by Gasteiger charge is 2.25. The summed E-state index contributed by atoms with van der Waals surface area (Å²) in [4.78, 5) is 4.59. The molecule has 1 fully saturated rings. The van der Waals surface area contributed by atoms with Gasteiger partial charge < -0.3 is 10.6 Å². The summed E-state index contributed by atoms with van der Waals surface area (Å²) in [6, 6.07) is 6.02. The number of H-pyrrole nitrogens is 1. The summed E-state index contributed by atoms with van der Waals surface area (Å²) in [7, 11) is 0. The Bertz CT molecular complexity index is 805. The highest BCUT2D eigenvalue weighted by atomic mass is 32.2. The number of anilines is 3. The normalized spacial score (nSPS) is 14.3. The molecule has 3 aromatic rings. The van der Waals surface area contributed by atoms with Crippen molar-refractivity contribution >= 4 is 34.9 Å². The standard InChI is InChI=1S/C15H19N7S/c1-23-8-6-16-15-18-14(12-3-2-7-22(12)21-15)17-13-9-11(19-20-13)10-4-5-10/h2-3,7,9-10H,4-6,8H2,1H3,(H3,16,17,18,19,20,21). The minimum absolute atomic E-state index is 0.614. The van der Waals surface area contributed by atoms with Crippen LogP contribution in [0.5, 0.6) is 0 Å². The van der Waals surface area contributed by atoms with Gasteiger partial charge in [0, 0.05) is 36.2 Å². The molecule has 0 amide bonds. The second-order valence-electron chi connectivity index (χ2n) is 5.65. The minimum Gasteiger partial charge on any atom is -0.352 e. The summed E-state index contributed by atoms with van der Waals surface area (Å²) in [5.74, 6) is 3.83. The Kier molecular flexibility index (Phi) is 3.82. The molecule has 3 heterocycles. The van der Waals surface area contributed by atoms with Crippen LogP contribution in [-0.4, -0.2) is 43.3 Å². The van der Waals surface area contributed by atoms with Crippen LogP contribution in [-0.2, 0) is 0 Å². The highest BCUT2D eigenvalue weighted by Crippen LogP contribution is 2.39. The van der Waals surface area contributed by atoms with E-state index in [9.17, 15) is 0 Å². The van der Waals surface area contributed by atoms with E-state index >= 15 is 0 Å². The van der Waals surface area contributed by atoms with Crippen molar-refractivity contribution < 1.29 is 0 Å². The molecule has 0 aromatic carbocycles. The first kappa shape index (κ1) is 14.4. The lowest BCUT2D eigenvalue weighted by Crippen LogP contribution is -2.11. The molecule has 8 heteroatoms. The molecular weight excluding hydrogens is 310 g/mol. The smallest absolute Gasteiger partial charge is 0.243 e. The molecule has 1 aliphatic rings. The summed E-state index contributed by atoms with van der Waals surface area (Å²) in [6.07, 6.45) is 6.50. The van der Waals surface area contributed by atoms with Crippen molar-refractivity contribution in [3.8, 4) is 0 Å². The van der Waals surface area contributed by atoms with Gasteiger partial charge >= 0.3 is 0 Å². The predicted octanol–water partition coefficient (Wildman–Crippen LogP) is 2.85. The van der Waals surface area contributed by atoms with Crippen molar-refractivity contribution in [3.05, 3.63) is 30.1 Å². The predicted molar refractivity (Wildman–Crippen MR) is 93.7 cm³/mol. The third kappa shape index (κ3) is 3.12. The Morgan fingerprint density at radius 3 is 3.17 bits per heavy atom. The molecule has 3 aromatic heterocycles. The van der Waals surface area contributed by atoms with Crippen LogP contribution >= 0.6 is 11.8 Å². The van der Waals surface area contributed by atoms with Crippen LogP contribution in [0, 0.1) is 0 Å². The maximum atomic E-state index is 4.59.